The molecular weight excluding hydrogens is 264 g/mol. The summed E-state index contributed by atoms with van der Waals surface area (Å²) < 4.78 is 10.8. The minimum Gasteiger partial charge on any atom is -0.493 e. The van der Waals surface area contributed by atoms with Crippen molar-refractivity contribution in [3.63, 3.8) is 0 Å². The molecule has 4 nitrogen and oxygen atoms in total. The van der Waals surface area contributed by atoms with Crippen LogP contribution in [-0.4, -0.2) is 20.8 Å². The van der Waals surface area contributed by atoms with Crippen molar-refractivity contribution in [2.75, 3.05) is 31.4 Å². The molecule has 0 aromatic heterocycles. The zero-order chi connectivity index (χ0) is 14.8. The Balaban J connectivity index is 1.89. The van der Waals surface area contributed by atoms with E-state index in [4.69, 9.17) is 15.2 Å². The predicted molar refractivity (Wildman–Crippen MR) is 85.2 cm³/mol. The second-order valence-corrected chi connectivity index (χ2v) is 5.24. The van der Waals surface area contributed by atoms with Crippen molar-refractivity contribution >= 4 is 11.4 Å². The molecule has 21 heavy (non-hydrogen) atoms. The second kappa shape index (κ2) is 5.56. The predicted octanol–water partition coefficient (Wildman–Crippen LogP) is 2.85. The molecule has 0 fully saturated rings. The van der Waals surface area contributed by atoms with Crippen molar-refractivity contribution in [2.24, 2.45) is 0 Å². The van der Waals surface area contributed by atoms with Crippen LogP contribution in [0.3, 0.4) is 0 Å². The lowest BCUT2D eigenvalue weighted by Gasteiger charge is -2.31. The van der Waals surface area contributed by atoms with Crippen LogP contribution in [0.25, 0.3) is 0 Å². The summed E-state index contributed by atoms with van der Waals surface area (Å²) in [5.41, 5.74) is 10.4. The van der Waals surface area contributed by atoms with E-state index in [1.54, 1.807) is 14.2 Å². The second-order valence-electron chi connectivity index (χ2n) is 5.24. The number of nitrogens with zero attached hydrogens (tertiary/aromatic N) is 1. The van der Waals surface area contributed by atoms with Gasteiger partial charge in [0.2, 0.25) is 0 Å². The van der Waals surface area contributed by atoms with Gasteiger partial charge in [0.25, 0.3) is 0 Å². The number of ether oxygens (including phenoxy) is 2. The van der Waals surface area contributed by atoms with Crippen LogP contribution in [0.15, 0.2) is 36.4 Å². The summed E-state index contributed by atoms with van der Waals surface area (Å²) in [6.45, 7) is 1.87. The molecule has 1 aliphatic heterocycles. The van der Waals surface area contributed by atoms with Crippen LogP contribution < -0.4 is 20.1 Å². The van der Waals surface area contributed by atoms with Crippen LogP contribution in [0, 0.1) is 0 Å². The number of methoxy groups -OCH3 is 2. The molecule has 110 valence electrons. The fraction of sp³-hybridized carbons (Fsp3) is 0.294. The molecule has 0 radical (unpaired) electrons. The molecular formula is C17H20N2O2. The largest absolute Gasteiger partial charge is 0.493 e. The maximum atomic E-state index is 5.75. The average molecular weight is 284 g/mol. The minimum absolute atomic E-state index is 0.787. The molecule has 2 aromatic rings. The quantitative estimate of drug-likeness (QED) is 0.880. The number of hydrogen-bond donors (Lipinski definition) is 1. The highest BCUT2D eigenvalue weighted by Gasteiger charge is 2.19. The fourth-order valence-corrected chi connectivity index (χ4v) is 2.79. The lowest BCUT2D eigenvalue weighted by atomic mass is 9.98. The third-order valence-corrected chi connectivity index (χ3v) is 3.98. The lowest BCUT2D eigenvalue weighted by Crippen LogP contribution is -2.30. The SMILES string of the molecule is COc1cc2c(cc1OC)CN(c1ccc(N)cc1)CC2. The van der Waals surface area contributed by atoms with Crippen molar-refractivity contribution < 1.29 is 9.47 Å². The smallest absolute Gasteiger partial charge is 0.161 e. The van der Waals surface area contributed by atoms with Crippen LogP contribution in [0.4, 0.5) is 11.4 Å². The number of fused-ring (bicyclic) bond motifs is 1. The summed E-state index contributed by atoms with van der Waals surface area (Å²) >= 11 is 0. The van der Waals surface area contributed by atoms with Gasteiger partial charge in [0.15, 0.2) is 11.5 Å². The molecule has 0 aliphatic carbocycles. The van der Waals surface area contributed by atoms with Gasteiger partial charge in [-0.3, -0.25) is 0 Å². The van der Waals surface area contributed by atoms with Gasteiger partial charge in [0.05, 0.1) is 14.2 Å². The van der Waals surface area contributed by atoms with E-state index >= 15 is 0 Å². The van der Waals surface area contributed by atoms with Gasteiger partial charge in [-0.15, -0.1) is 0 Å². The van der Waals surface area contributed by atoms with Crippen molar-refractivity contribution in [1.82, 2.24) is 0 Å². The molecule has 3 rings (SSSR count). The Morgan fingerprint density at radius 3 is 2.19 bits per heavy atom. The van der Waals surface area contributed by atoms with Gasteiger partial charge >= 0.3 is 0 Å². The van der Waals surface area contributed by atoms with Gasteiger partial charge in [-0.05, 0) is 53.9 Å². The highest BCUT2D eigenvalue weighted by molar-refractivity contribution is 5.56. The zero-order valence-electron chi connectivity index (χ0n) is 12.4. The molecule has 1 aliphatic rings. The average Bonchev–Trinajstić information content (AvgIpc) is 2.53. The first-order valence-electron chi connectivity index (χ1n) is 7.05. The summed E-state index contributed by atoms with van der Waals surface area (Å²) in [6.07, 6.45) is 1.00. The normalized spacial score (nSPS) is 13.7. The first-order valence-corrected chi connectivity index (χ1v) is 7.05. The lowest BCUT2D eigenvalue weighted by molar-refractivity contribution is 0.353. The van der Waals surface area contributed by atoms with E-state index in [-0.39, 0.29) is 0 Å². The molecule has 2 N–H and O–H groups in total. The Morgan fingerprint density at radius 2 is 1.57 bits per heavy atom. The summed E-state index contributed by atoms with van der Waals surface area (Å²) in [4.78, 5) is 2.35. The molecule has 0 bridgehead atoms. The maximum Gasteiger partial charge on any atom is 0.161 e. The third kappa shape index (κ3) is 2.61. The zero-order valence-corrected chi connectivity index (χ0v) is 12.4. The summed E-state index contributed by atoms with van der Waals surface area (Å²) in [7, 11) is 3.35. The van der Waals surface area contributed by atoms with Crippen LogP contribution in [0.1, 0.15) is 11.1 Å². The molecule has 0 unspecified atom stereocenters. The third-order valence-electron chi connectivity index (χ3n) is 3.98. The van der Waals surface area contributed by atoms with E-state index in [0.717, 1.165) is 36.7 Å². The van der Waals surface area contributed by atoms with Gasteiger partial charge in [-0.1, -0.05) is 0 Å². The number of nitrogen functional groups attached to an aromatic ring is 1. The van der Waals surface area contributed by atoms with Gasteiger partial charge in [-0.2, -0.15) is 0 Å². The summed E-state index contributed by atoms with van der Waals surface area (Å²) in [6, 6.07) is 12.2. The molecule has 1 heterocycles. The monoisotopic (exact) mass is 284 g/mol. The van der Waals surface area contributed by atoms with Crippen LogP contribution in [0.5, 0.6) is 11.5 Å². The minimum atomic E-state index is 0.787. The Hall–Kier alpha value is -2.36. The van der Waals surface area contributed by atoms with Gasteiger partial charge in [0.1, 0.15) is 0 Å². The number of hydrogen-bond acceptors (Lipinski definition) is 4. The van der Waals surface area contributed by atoms with Crippen molar-refractivity contribution in [1.29, 1.82) is 0 Å². The van der Waals surface area contributed by atoms with Crippen molar-refractivity contribution in [3.8, 4) is 11.5 Å². The molecule has 4 heteroatoms. The van der Waals surface area contributed by atoms with Crippen molar-refractivity contribution in [3.05, 3.63) is 47.5 Å². The Labute approximate surface area is 125 Å². The number of nitrogens with two attached hydrogens (primary N) is 1. The Kier molecular flexibility index (Phi) is 3.60. The van der Waals surface area contributed by atoms with Gasteiger partial charge < -0.3 is 20.1 Å². The summed E-state index contributed by atoms with van der Waals surface area (Å²) in [5.74, 6) is 1.59. The Bertz CT molecular complexity index is 638. The Morgan fingerprint density at radius 1 is 0.952 bits per heavy atom. The first-order chi connectivity index (χ1) is 10.2. The highest BCUT2D eigenvalue weighted by Crippen LogP contribution is 2.34. The van der Waals surface area contributed by atoms with Crippen molar-refractivity contribution in [2.45, 2.75) is 13.0 Å². The van der Waals surface area contributed by atoms with E-state index in [0.29, 0.717) is 0 Å². The van der Waals surface area contributed by atoms with Gasteiger partial charge in [-0.25, -0.2) is 0 Å². The molecule has 0 spiro atoms. The van der Waals surface area contributed by atoms with Crippen LogP contribution >= 0.6 is 0 Å². The molecule has 2 aromatic carbocycles. The van der Waals surface area contributed by atoms with Gasteiger partial charge in [0, 0.05) is 24.5 Å². The number of anilines is 2. The van der Waals surface area contributed by atoms with Crippen LogP contribution in [0.2, 0.25) is 0 Å². The molecule has 0 saturated heterocycles. The topological polar surface area (TPSA) is 47.7 Å². The number of rotatable bonds is 3. The first kappa shape index (κ1) is 13.6. The molecule has 0 atom stereocenters. The van der Waals surface area contributed by atoms with E-state index < -0.39 is 0 Å². The standard InChI is InChI=1S/C17H20N2O2/c1-20-16-9-12-7-8-19(11-13(12)10-17(16)21-2)15-5-3-14(18)4-6-15/h3-6,9-10H,7-8,11,18H2,1-2H3. The maximum absolute atomic E-state index is 5.75. The number of benzene rings is 2. The van der Waals surface area contributed by atoms with E-state index in [2.05, 4.69) is 29.2 Å². The van der Waals surface area contributed by atoms with E-state index in [1.807, 2.05) is 12.1 Å². The summed E-state index contributed by atoms with van der Waals surface area (Å²) in [5, 5.41) is 0. The van der Waals surface area contributed by atoms with E-state index in [1.165, 1.54) is 16.8 Å². The molecule has 0 saturated carbocycles. The van der Waals surface area contributed by atoms with Crippen LogP contribution in [-0.2, 0) is 13.0 Å². The fourth-order valence-electron chi connectivity index (χ4n) is 2.79. The molecule has 0 amide bonds. The highest BCUT2D eigenvalue weighted by atomic mass is 16.5. The van der Waals surface area contributed by atoms with E-state index in [9.17, 15) is 0 Å².